The maximum atomic E-state index is 10.9. The lowest BCUT2D eigenvalue weighted by molar-refractivity contribution is 0.0697. The smallest absolute Gasteiger partial charge is 0.335 e. The quantitative estimate of drug-likeness (QED) is 0.749. The molecule has 0 saturated heterocycles. The van der Waals surface area contributed by atoms with Crippen LogP contribution >= 0.6 is 15.9 Å². The number of nitriles is 1. The van der Waals surface area contributed by atoms with E-state index in [9.17, 15) is 4.79 Å². The second kappa shape index (κ2) is 6.10. The fraction of sp³-hybridized carbons (Fsp3) is 0.0625. The number of para-hydroxylation sites is 1. The third-order valence-electron chi connectivity index (χ3n) is 3.11. The van der Waals surface area contributed by atoms with Crippen molar-refractivity contribution in [3.05, 3.63) is 57.9 Å². The molecule has 2 aromatic carbocycles. The topological polar surface area (TPSA) is 96.3 Å². The molecule has 0 fully saturated rings. The number of hydrogen-bond acceptors (Lipinski definition) is 5. The average Bonchev–Trinajstić information content (AvgIpc) is 2.95. The van der Waals surface area contributed by atoms with E-state index in [0.29, 0.717) is 32.8 Å². The van der Waals surface area contributed by atoms with E-state index in [1.54, 1.807) is 24.3 Å². The molecule has 7 heteroatoms. The molecule has 3 aromatic rings. The summed E-state index contributed by atoms with van der Waals surface area (Å²) in [5.41, 5.74) is 1.43. The van der Waals surface area contributed by atoms with Crippen LogP contribution in [0.4, 0.5) is 0 Å². The van der Waals surface area contributed by atoms with Gasteiger partial charge in [0.05, 0.1) is 15.6 Å². The third kappa shape index (κ3) is 3.03. The van der Waals surface area contributed by atoms with Crippen LogP contribution < -0.4 is 4.74 Å². The SMILES string of the molecule is N#Cc1cccc(Br)c1OCc1nc2ccc(C(=O)O)cc2o1. The highest BCUT2D eigenvalue weighted by Crippen LogP contribution is 2.29. The normalized spacial score (nSPS) is 10.4. The first-order chi connectivity index (χ1) is 11.1. The van der Waals surface area contributed by atoms with Crippen LogP contribution in [0, 0.1) is 11.3 Å². The molecule has 3 rings (SSSR count). The fourth-order valence-electron chi connectivity index (χ4n) is 2.04. The Bertz CT molecular complexity index is 943. The van der Waals surface area contributed by atoms with Crippen LogP contribution in [0.25, 0.3) is 11.1 Å². The summed E-state index contributed by atoms with van der Waals surface area (Å²) in [7, 11) is 0. The lowest BCUT2D eigenvalue weighted by atomic mass is 10.2. The Balaban J connectivity index is 1.86. The van der Waals surface area contributed by atoms with Crippen LogP contribution in [0.2, 0.25) is 0 Å². The summed E-state index contributed by atoms with van der Waals surface area (Å²) >= 11 is 3.33. The lowest BCUT2D eigenvalue weighted by Gasteiger charge is -2.07. The van der Waals surface area contributed by atoms with Crippen molar-refractivity contribution >= 4 is 33.0 Å². The minimum atomic E-state index is -1.03. The molecule has 0 aliphatic carbocycles. The molecule has 0 radical (unpaired) electrons. The number of halogens is 1. The van der Waals surface area contributed by atoms with E-state index in [-0.39, 0.29) is 12.2 Å². The number of ether oxygens (including phenoxy) is 1. The summed E-state index contributed by atoms with van der Waals surface area (Å²) in [4.78, 5) is 15.2. The highest BCUT2D eigenvalue weighted by atomic mass is 79.9. The van der Waals surface area contributed by atoms with E-state index in [2.05, 4.69) is 20.9 Å². The van der Waals surface area contributed by atoms with Gasteiger partial charge in [-0.3, -0.25) is 0 Å². The number of carbonyl (C=O) groups is 1. The molecule has 1 N–H and O–H groups in total. The number of carboxylic acid groups (broad SMARTS) is 1. The summed E-state index contributed by atoms with van der Waals surface area (Å²) in [6.45, 7) is 0.0222. The van der Waals surface area contributed by atoms with E-state index < -0.39 is 5.97 Å². The first-order valence-electron chi connectivity index (χ1n) is 6.52. The van der Waals surface area contributed by atoms with Crippen LogP contribution in [-0.2, 0) is 6.61 Å². The zero-order valence-corrected chi connectivity index (χ0v) is 13.2. The molecule has 0 saturated carbocycles. The number of oxazole rings is 1. The highest BCUT2D eigenvalue weighted by molar-refractivity contribution is 9.10. The second-order valence-electron chi connectivity index (χ2n) is 4.61. The Hall–Kier alpha value is -2.85. The average molecular weight is 373 g/mol. The first kappa shape index (κ1) is 15.1. The molecule has 1 heterocycles. The van der Waals surface area contributed by atoms with E-state index in [1.807, 2.05) is 6.07 Å². The lowest BCUT2D eigenvalue weighted by Crippen LogP contribution is -1.98. The Morgan fingerprint density at radius 2 is 2.22 bits per heavy atom. The minimum Gasteiger partial charge on any atom is -0.481 e. The monoisotopic (exact) mass is 372 g/mol. The summed E-state index contributed by atoms with van der Waals surface area (Å²) < 4.78 is 11.8. The van der Waals surface area contributed by atoms with Crippen molar-refractivity contribution in [3.8, 4) is 11.8 Å². The molecule has 0 aliphatic rings. The van der Waals surface area contributed by atoms with Crippen LogP contribution in [0.15, 0.2) is 45.3 Å². The van der Waals surface area contributed by atoms with Gasteiger partial charge in [-0.1, -0.05) is 6.07 Å². The van der Waals surface area contributed by atoms with Gasteiger partial charge in [-0.15, -0.1) is 0 Å². The Labute approximate surface area is 139 Å². The second-order valence-corrected chi connectivity index (χ2v) is 5.47. The zero-order valence-electron chi connectivity index (χ0n) is 11.6. The van der Waals surface area contributed by atoms with Crippen molar-refractivity contribution in [1.29, 1.82) is 5.26 Å². The first-order valence-corrected chi connectivity index (χ1v) is 7.32. The molecule has 0 spiro atoms. The molecule has 0 amide bonds. The number of benzene rings is 2. The van der Waals surface area contributed by atoms with Crippen LogP contribution in [0.5, 0.6) is 5.75 Å². The van der Waals surface area contributed by atoms with Gasteiger partial charge in [0.15, 0.2) is 17.9 Å². The molecular weight excluding hydrogens is 364 g/mol. The van der Waals surface area contributed by atoms with E-state index in [4.69, 9.17) is 19.5 Å². The summed E-state index contributed by atoms with van der Waals surface area (Å²) in [6, 6.07) is 11.6. The van der Waals surface area contributed by atoms with Gasteiger partial charge in [0, 0.05) is 0 Å². The number of aromatic carboxylic acids is 1. The van der Waals surface area contributed by atoms with Crippen LogP contribution in [0.3, 0.4) is 0 Å². The molecule has 114 valence electrons. The Morgan fingerprint density at radius 1 is 1.39 bits per heavy atom. The standard InChI is InChI=1S/C16H9BrN2O4/c17-11-3-1-2-10(7-18)15(11)22-8-14-19-12-5-4-9(16(20)21)6-13(12)23-14/h1-6H,8H2,(H,20,21). The van der Waals surface area contributed by atoms with Gasteiger partial charge in [-0.05, 0) is 46.3 Å². The maximum absolute atomic E-state index is 10.9. The van der Waals surface area contributed by atoms with E-state index in [1.165, 1.54) is 12.1 Å². The third-order valence-corrected chi connectivity index (χ3v) is 3.73. The number of rotatable bonds is 4. The van der Waals surface area contributed by atoms with Gasteiger partial charge in [0.2, 0.25) is 5.89 Å². The van der Waals surface area contributed by atoms with Crippen molar-refractivity contribution in [1.82, 2.24) is 4.98 Å². The number of fused-ring (bicyclic) bond motifs is 1. The summed E-state index contributed by atoms with van der Waals surface area (Å²) in [5, 5.41) is 18.1. The van der Waals surface area contributed by atoms with Gasteiger partial charge < -0.3 is 14.3 Å². The maximum Gasteiger partial charge on any atom is 0.335 e. The Morgan fingerprint density at radius 3 is 2.96 bits per heavy atom. The number of carboxylic acids is 1. The van der Waals surface area contributed by atoms with Gasteiger partial charge >= 0.3 is 5.97 Å². The summed E-state index contributed by atoms with van der Waals surface area (Å²) in [5.74, 6) is -0.335. The largest absolute Gasteiger partial charge is 0.481 e. The zero-order chi connectivity index (χ0) is 16.4. The van der Waals surface area contributed by atoms with Crippen molar-refractivity contribution in [3.63, 3.8) is 0 Å². The number of aromatic nitrogens is 1. The van der Waals surface area contributed by atoms with E-state index in [0.717, 1.165) is 0 Å². The number of hydrogen-bond donors (Lipinski definition) is 1. The molecule has 0 aliphatic heterocycles. The number of nitrogens with zero attached hydrogens (tertiary/aromatic N) is 2. The van der Waals surface area contributed by atoms with Gasteiger partial charge in [-0.2, -0.15) is 5.26 Å². The predicted octanol–water partition coefficient (Wildman–Crippen LogP) is 3.74. The molecular formula is C16H9BrN2O4. The molecule has 6 nitrogen and oxygen atoms in total. The highest BCUT2D eigenvalue weighted by Gasteiger charge is 2.12. The van der Waals surface area contributed by atoms with Gasteiger partial charge in [0.25, 0.3) is 0 Å². The molecule has 0 unspecified atom stereocenters. The Kier molecular flexibility index (Phi) is 4.00. The molecule has 0 bridgehead atoms. The van der Waals surface area contributed by atoms with Crippen molar-refractivity contribution in [2.24, 2.45) is 0 Å². The fourth-order valence-corrected chi connectivity index (χ4v) is 2.53. The molecule has 23 heavy (non-hydrogen) atoms. The molecule has 1 aromatic heterocycles. The van der Waals surface area contributed by atoms with Gasteiger partial charge in [0.1, 0.15) is 11.6 Å². The van der Waals surface area contributed by atoms with Crippen LogP contribution in [0.1, 0.15) is 21.8 Å². The molecule has 0 atom stereocenters. The predicted molar refractivity (Wildman–Crippen MR) is 84.2 cm³/mol. The van der Waals surface area contributed by atoms with Crippen molar-refractivity contribution in [2.75, 3.05) is 0 Å². The van der Waals surface area contributed by atoms with Crippen molar-refractivity contribution in [2.45, 2.75) is 6.61 Å². The van der Waals surface area contributed by atoms with E-state index >= 15 is 0 Å². The minimum absolute atomic E-state index is 0.0222. The van der Waals surface area contributed by atoms with Crippen LogP contribution in [-0.4, -0.2) is 16.1 Å². The van der Waals surface area contributed by atoms with Crippen molar-refractivity contribution < 1.29 is 19.1 Å². The van der Waals surface area contributed by atoms with Gasteiger partial charge in [-0.25, -0.2) is 9.78 Å². The summed E-state index contributed by atoms with van der Waals surface area (Å²) in [6.07, 6.45) is 0.